The predicted molar refractivity (Wildman–Crippen MR) is 137 cm³/mol. The largest absolute Gasteiger partial charge is 0.402 e. The van der Waals surface area contributed by atoms with Crippen LogP contribution in [0.4, 0.5) is 5.69 Å². The van der Waals surface area contributed by atoms with E-state index in [0.717, 1.165) is 58.1 Å². The zero-order valence-electron chi connectivity index (χ0n) is 19.7. The number of aryl methyl sites for hydroxylation is 2. The van der Waals surface area contributed by atoms with Crippen LogP contribution in [0.2, 0.25) is 5.02 Å². The van der Waals surface area contributed by atoms with Gasteiger partial charge in [0.25, 0.3) is 0 Å². The van der Waals surface area contributed by atoms with Crippen LogP contribution in [-0.2, 0) is 0 Å². The van der Waals surface area contributed by atoms with Gasteiger partial charge in [0.2, 0.25) is 0 Å². The molecule has 1 aliphatic rings. The van der Waals surface area contributed by atoms with E-state index in [4.69, 9.17) is 22.3 Å². The molecule has 172 valence electrons. The number of aromatic nitrogens is 3. The smallest absolute Gasteiger partial charge is 0.163 e. The number of hydrogen-bond acceptors (Lipinski definition) is 5. The highest BCUT2D eigenvalue weighted by Gasteiger charge is 2.29. The Balaban J connectivity index is 1.91. The molecule has 2 aromatic heterocycles. The van der Waals surface area contributed by atoms with E-state index in [1.165, 1.54) is 0 Å². The van der Waals surface area contributed by atoms with E-state index in [1.54, 1.807) is 0 Å². The van der Waals surface area contributed by atoms with Crippen LogP contribution >= 0.6 is 11.6 Å². The van der Waals surface area contributed by atoms with Crippen molar-refractivity contribution in [2.45, 2.75) is 52.1 Å². The molecule has 1 saturated carbocycles. The summed E-state index contributed by atoms with van der Waals surface area (Å²) in [6.45, 7) is 10.2. The minimum absolute atomic E-state index is 0.175. The Bertz CT molecular complexity index is 1230. The lowest BCUT2D eigenvalue weighted by Crippen LogP contribution is -2.31. The fourth-order valence-electron chi connectivity index (χ4n) is 4.12. The standard InChI is InChI=1S/C26H31ClN6/c1-6-22(28)24(23(7-2)29-20-12-13-20)25(18-8-10-19(27)11-9-18)32(5)21-14-16(3)26-31-30-17(4)33(26)15-21/h7-11,14-15,20,25H,2,6,12-13,28H2,1,3-5H3. The number of pyridine rings is 1. The van der Waals surface area contributed by atoms with Gasteiger partial charge in [0.1, 0.15) is 5.82 Å². The lowest BCUT2D eigenvalue weighted by molar-refractivity contribution is 0.768. The molecule has 0 bridgehead atoms. The second kappa shape index (κ2) is 9.40. The van der Waals surface area contributed by atoms with Crippen molar-refractivity contribution < 1.29 is 0 Å². The number of benzene rings is 1. The van der Waals surface area contributed by atoms with Crippen molar-refractivity contribution in [2.75, 3.05) is 11.9 Å². The Morgan fingerprint density at radius 3 is 2.61 bits per heavy atom. The van der Waals surface area contributed by atoms with Gasteiger partial charge in [-0.2, -0.15) is 0 Å². The summed E-state index contributed by atoms with van der Waals surface area (Å²) >= 11 is 6.23. The molecule has 3 aromatic rings. The van der Waals surface area contributed by atoms with Gasteiger partial charge in [-0.05, 0) is 68.5 Å². The first kappa shape index (κ1) is 23.1. The first-order valence-electron chi connectivity index (χ1n) is 11.3. The van der Waals surface area contributed by atoms with E-state index < -0.39 is 0 Å². The number of halogens is 1. The van der Waals surface area contributed by atoms with Crippen molar-refractivity contribution in [1.82, 2.24) is 14.6 Å². The second-order valence-electron chi connectivity index (χ2n) is 8.63. The average Bonchev–Trinajstić information content (AvgIpc) is 3.56. The summed E-state index contributed by atoms with van der Waals surface area (Å²) < 4.78 is 2.03. The first-order valence-corrected chi connectivity index (χ1v) is 11.7. The van der Waals surface area contributed by atoms with Crippen LogP contribution in [0.15, 0.2) is 65.4 Å². The Labute approximate surface area is 200 Å². The number of hydrogen-bond donors (Lipinski definition) is 1. The normalized spacial score (nSPS) is 16.0. The van der Waals surface area contributed by atoms with E-state index >= 15 is 0 Å². The lowest BCUT2D eigenvalue weighted by Gasteiger charge is -2.34. The minimum Gasteiger partial charge on any atom is -0.402 e. The molecule has 4 rings (SSSR count). The molecule has 1 aliphatic carbocycles. The maximum Gasteiger partial charge on any atom is 0.163 e. The molecule has 0 amide bonds. The van der Waals surface area contributed by atoms with Crippen LogP contribution in [0.1, 0.15) is 49.2 Å². The molecule has 0 radical (unpaired) electrons. The monoisotopic (exact) mass is 462 g/mol. The van der Waals surface area contributed by atoms with E-state index in [0.29, 0.717) is 17.5 Å². The van der Waals surface area contributed by atoms with Crippen molar-refractivity contribution in [3.05, 3.63) is 82.4 Å². The minimum atomic E-state index is -0.175. The van der Waals surface area contributed by atoms with Crippen molar-refractivity contribution >= 4 is 28.6 Å². The molecular formula is C26H31ClN6. The van der Waals surface area contributed by atoms with Crippen LogP contribution in [0, 0.1) is 13.8 Å². The molecule has 1 aromatic carbocycles. The van der Waals surface area contributed by atoms with Crippen LogP contribution in [0.3, 0.4) is 0 Å². The molecule has 7 heteroatoms. The molecule has 1 fully saturated rings. The van der Waals surface area contributed by atoms with Gasteiger partial charge >= 0.3 is 0 Å². The van der Waals surface area contributed by atoms with Gasteiger partial charge in [0, 0.05) is 29.5 Å². The summed E-state index contributed by atoms with van der Waals surface area (Å²) in [7, 11) is 2.08. The van der Waals surface area contributed by atoms with Gasteiger partial charge in [-0.3, -0.25) is 9.39 Å². The molecule has 0 aliphatic heterocycles. The fourth-order valence-corrected chi connectivity index (χ4v) is 4.25. The molecule has 1 atom stereocenters. The van der Waals surface area contributed by atoms with Gasteiger partial charge in [0.05, 0.1) is 23.5 Å². The number of nitrogens with zero attached hydrogens (tertiary/aromatic N) is 5. The van der Waals surface area contributed by atoms with E-state index in [-0.39, 0.29) is 6.04 Å². The maximum atomic E-state index is 6.67. The third kappa shape index (κ3) is 4.67. The van der Waals surface area contributed by atoms with Crippen LogP contribution in [0.5, 0.6) is 0 Å². The van der Waals surface area contributed by atoms with Crippen molar-refractivity contribution in [2.24, 2.45) is 10.7 Å². The van der Waals surface area contributed by atoms with E-state index in [9.17, 15) is 0 Å². The Kier molecular flexibility index (Phi) is 6.56. The van der Waals surface area contributed by atoms with Crippen LogP contribution in [0.25, 0.3) is 5.65 Å². The molecule has 33 heavy (non-hydrogen) atoms. The number of aliphatic imine (C=N–C) groups is 1. The highest BCUT2D eigenvalue weighted by atomic mass is 35.5. The predicted octanol–water partition coefficient (Wildman–Crippen LogP) is 5.59. The Hall–Kier alpha value is -3.12. The quantitative estimate of drug-likeness (QED) is 0.443. The Morgan fingerprint density at radius 1 is 1.30 bits per heavy atom. The number of likely N-dealkylation sites (N-methyl/N-ethyl adjacent to an activating group) is 1. The van der Waals surface area contributed by atoms with Crippen molar-refractivity contribution in [1.29, 1.82) is 0 Å². The van der Waals surface area contributed by atoms with E-state index in [2.05, 4.69) is 67.0 Å². The first-order chi connectivity index (χ1) is 15.8. The molecule has 0 spiro atoms. The van der Waals surface area contributed by atoms with Gasteiger partial charge in [-0.25, -0.2) is 0 Å². The lowest BCUT2D eigenvalue weighted by atomic mass is 9.90. The van der Waals surface area contributed by atoms with Gasteiger partial charge in [0.15, 0.2) is 5.65 Å². The zero-order valence-corrected chi connectivity index (χ0v) is 20.5. The van der Waals surface area contributed by atoms with Crippen molar-refractivity contribution in [3.8, 4) is 0 Å². The third-order valence-electron chi connectivity index (χ3n) is 6.16. The average molecular weight is 463 g/mol. The molecule has 6 nitrogen and oxygen atoms in total. The SMILES string of the molecule is C=CC(=NC1CC1)C(=C(N)CC)C(c1ccc(Cl)cc1)N(C)c1cc(C)c2nnc(C)n2c1. The summed E-state index contributed by atoms with van der Waals surface area (Å²) in [5.41, 5.74) is 13.4. The zero-order chi connectivity index (χ0) is 23.7. The van der Waals surface area contributed by atoms with Gasteiger partial charge < -0.3 is 10.6 Å². The highest BCUT2D eigenvalue weighted by Crippen LogP contribution is 2.37. The van der Waals surface area contributed by atoms with Crippen LogP contribution in [-0.4, -0.2) is 33.4 Å². The third-order valence-corrected chi connectivity index (χ3v) is 6.42. The fraction of sp³-hybridized carbons (Fsp3) is 0.346. The number of nitrogens with two attached hydrogens (primary N) is 1. The second-order valence-corrected chi connectivity index (χ2v) is 9.07. The topological polar surface area (TPSA) is 71.8 Å². The van der Waals surface area contributed by atoms with Crippen LogP contribution < -0.4 is 10.6 Å². The highest BCUT2D eigenvalue weighted by molar-refractivity contribution is 6.30. The maximum absolute atomic E-state index is 6.67. The molecule has 2 N–H and O–H groups in total. The summed E-state index contributed by atoms with van der Waals surface area (Å²) in [5.74, 6) is 0.845. The number of fused-ring (bicyclic) bond motifs is 1. The summed E-state index contributed by atoms with van der Waals surface area (Å²) in [4.78, 5) is 7.21. The van der Waals surface area contributed by atoms with Gasteiger partial charge in [-0.1, -0.05) is 37.2 Å². The van der Waals surface area contributed by atoms with Gasteiger partial charge in [-0.15, -0.1) is 10.2 Å². The molecular weight excluding hydrogens is 432 g/mol. The van der Waals surface area contributed by atoms with Crippen molar-refractivity contribution in [3.63, 3.8) is 0 Å². The number of allylic oxidation sites excluding steroid dienone is 2. The summed E-state index contributed by atoms with van der Waals surface area (Å²) in [5, 5.41) is 9.25. The summed E-state index contributed by atoms with van der Waals surface area (Å²) in [6.07, 6.45) is 6.85. The number of rotatable bonds is 8. The van der Waals surface area contributed by atoms with E-state index in [1.807, 2.05) is 29.5 Å². The summed E-state index contributed by atoms with van der Waals surface area (Å²) in [6, 6.07) is 10.3. The molecule has 2 heterocycles. The molecule has 0 saturated heterocycles. The number of anilines is 1. The molecule has 1 unspecified atom stereocenters. The Morgan fingerprint density at radius 2 is 2.00 bits per heavy atom.